The molecule has 2 aromatic rings. The third-order valence-electron chi connectivity index (χ3n) is 2.57. The second-order valence-corrected chi connectivity index (χ2v) is 3.66. The van der Waals surface area contributed by atoms with E-state index in [4.69, 9.17) is 10.5 Å². The van der Waals surface area contributed by atoms with Crippen molar-refractivity contribution < 1.29 is 10.2 Å². The average Bonchev–Trinajstić information content (AvgIpc) is 2.39. The highest BCUT2D eigenvalue weighted by atomic mass is 16.3. The molecule has 0 radical (unpaired) electrons. The summed E-state index contributed by atoms with van der Waals surface area (Å²) in [5.74, 6) is -0.201. The summed E-state index contributed by atoms with van der Waals surface area (Å²) in [7, 11) is 0. The summed E-state index contributed by atoms with van der Waals surface area (Å²) >= 11 is 0. The third kappa shape index (κ3) is 1.83. The smallest absolute Gasteiger partial charge is 0.141 e. The van der Waals surface area contributed by atoms with Gasteiger partial charge in [-0.05, 0) is 24.3 Å². The van der Waals surface area contributed by atoms with Gasteiger partial charge in [0.15, 0.2) is 0 Å². The van der Waals surface area contributed by atoms with Crippen LogP contribution in [0.15, 0.2) is 36.4 Å². The van der Waals surface area contributed by atoms with Gasteiger partial charge in [0.2, 0.25) is 0 Å². The van der Waals surface area contributed by atoms with Gasteiger partial charge in [0, 0.05) is 11.1 Å². The Balaban J connectivity index is 2.74. The van der Waals surface area contributed by atoms with Crippen molar-refractivity contribution >= 4 is 0 Å². The van der Waals surface area contributed by atoms with Crippen LogP contribution < -0.4 is 0 Å². The summed E-state index contributed by atoms with van der Waals surface area (Å²) < 4.78 is 0. The molecule has 0 amide bonds. The molecule has 18 heavy (non-hydrogen) atoms. The second kappa shape index (κ2) is 4.48. The Morgan fingerprint density at radius 1 is 0.833 bits per heavy atom. The van der Waals surface area contributed by atoms with Crippen LogP contribution in [0.1, 0.15) is 11.1 Å². The fraction of sp³-hybridized carbons (Fsp3) is 0. The largest absolute Gasteiger partial charge is 0.508 e. The zero-order chi connectivity index (χ0) is 13.1. The molecular weight excluding hydrogens is 228 g/mol. The fourth-order valence-electron chi connectivity index (χ4n) is 1.70. The molecule has 0 spiro atoms. The van der Waals surface area contributed by atoms with Gasteiger partial charge in [-0.25, -0.2) is 0 Å². The van der Waals surface area contributed by atoms with Gasteiger partial charge in [-0.2, -0.15) is 10.5 Å². The van der Waals surface area contributed by atoms with Crippen LogP contribution in [0.2, 0.25) is 0 Å². The van der Waals surface area contributed by atoms with Gasteiger partial charge in [0.05, 0.1) is 17.2 Å². The number of aromatic hydroxyl groups is 2. The maximum absolute atomic E-state index is 9.94. The maximum atomic E-state index is 9.94. The highest BCUT2D eigenvalue weighted by Gasteiger charge is 2.12. The molecule has 0 bridgehead atoms. The number of phenols is 2. The van der Waals surface area contributed by atoms with Gasteiger partial charge < -0.3 is 10.2 Å². The first-order valence-corrected chi connectivity index (χ1v) is 5.13. The van der Waals surface area contributed by atoms with E-state index in [1.165, 1.54) is 24.3 Å². The maximum Gasteiger partial charge on any atom is 0.141 e. The Bertz CT molecular complexity index is 694. The summed E-state index contributed by atoms with van der Waals surface area (Å²) in [5.41, 5.74) is 1.19. The summed E-state index contributed by atoms with van der Waals surface area (Å²) in [4.78, 5) is 0. The standard InChI is InChI=1S/C14H8N2O2/c15-7-9-4-5-11(17)6-13(9)12-3-1-2-10(8-16)14(12)18/h1-6,17-18H. The molecule has 0 fully saturated rings. The van der Waals surface area contributed by atoms with Gasteiger partial charge in [0.1, 0.15) is 17.6 Å². The second-order valence-electron chi connectivity index (χ2n) is 3.66. The number of benzene rings is 2. The van der Waals surface area contributed by atoms with Gasteiger partial charge in [0.25, 0.3) is 0 Å². The minimum Gasteiger partial charge on any atom is -0.508 e. The van der Waals surface area contributed by atoms with Crippen molar-refractivity contribution in [3.05, 3.63) is 47.5 Å². The highest BCUT2D eigenvalue weighted by Crippen LogP contribution is 2.35. The summed E-state index contributed by atoms with van der Waals surface area (Å²) in [6.45, 7) is 0. The molecule has 0 heterocycles. The van der Waals surface area contributed by atoms with Crippen LogP contribution in [0.25, 0.3) is 11.1 Å². The van der Waals surface area contributed by atoms with E-state index in [1.807, 2.05) is 12.1 Å². The molecule has 2 aromatic carbocycles. The first kappa shape index (κ1) is 11.5. The predicted molar refractivity (Wildman–Crippen MR) is 64.6 cm³/mol. The van der Waals surface area contributed by atoms with E-state index in [0.29, 0.717) is 16.7 Å². The van der Waals surface area contributed by atoms with Gasteiger partial charge >= 0.3 is 0 Å². The molecule has 86 valence electrons. The Hall–Kier alpha value is -2.98. The molecule has 0 saturated heterocycles. The molecule has 2 rings (SSSR count). The lowest BCUT2D eigenvalue weighted by Gasteiger charge is -2.08. The quantitative estimate of drug-likeness (QED) is 0.796. The Morgan fingerprint density at radius 3 is 2.22 bits per heavy atom. The SMILES string of the molecule is N#Cc1ccc(O)cc1-c1cccc(C#N)c1O. The van der Waals surface area contributed by atoms with Crippen LogP contribution in [0.4, 0.5) is 0 Å². The highest BCUT2D eigenvalue weighted by molar-refractivity contribution is 5.78. The van der Waals surface area contributed by atoms with Crippen LogP contribution in [0.5, 0.6) is 11.5 Å². The molecule has 2 N–H and O–H groups in total. The Kier molecular flexibility index (Phi) is 2.87. The van der Waals surface area contributed by atoms with Crippen molar-refractivity contribution in [2.45, 2.75) is 0 Å². The van der Waals surface area contributed by atoms with Gasteiger partial charge in [-0.1, -0.05) is 12.1 Å². The van der Waals surface area contributed by atoms with E-state index in [9.17, 15) is 10.2 Å². The topological polar surface area (TPSA) is 88.0 Å². The molecule has 0 aromatic heterocycles. The lowest BCUT2D eigenvalue weighted by Crippen LogP contribution is -1.87. The summed E-state index contributed by atoms with van der Waals surface area (Å²) in [6.07, 6.45) is 0. The van der Waals surface area contributed by atoms with Gasteiger partial charge in [-0.15, -0.1) is 0 Å². The zero-order valence-corrected chi connectivity index (χ0v) is 9.25. The molecule has 4 heteroatoms. The van der Waals surface area contributed by atoms with Crippen LogP contribution in [0.3, 0.4) is 0 Å². The van der Waals surface area contributed by atoms with Crippen molar-refractivity contribution in [2.24, 2.45) is 0 Å². The van der Waals surface area contributed by atoms with Crippen molar-refractivity contribution in [1.82, 2.24) is 0 Å². The Morgan fingerprint density at radius 2 is 1.56 bits per heavy atom. The lowest BCUT2D eigenvalue weighted by atomic mass is 9.97. The molecular formula is C14H8N2O2. The van der Waals surface area contributed by atoms with E-state index >= 15 is 0 Å². The van der Waals surface area contributed by atoms with Crippen molar-refractivity contribution in [2.75, 3.05) is 0 Å². The normalized spacial score (nSPS) is 9.44. The van der Waals surface area contributed by atoms with Gasteiger partial charge in [-0.3, -0.25) is 0 Å². The first-order chi connectivity index (χ1) is 8.67. The molecule has 0 unspecified atom stereocenters. The average molecular weight is 236 g/mol. The predicted octanol–water partition coefficient (Wildman–Crippen LogP) is 2.51. The first-order valence-electron chi connectivity index (χ1n) is 5.13. The molecule has 0 aliphatic heterocycles. The number of hydrogen-bond acceptors (Lipinski definition) is 4. The molecule has 4 nitrogen and oxygen atoms in total. The number of phenolic OH excluding ortho intramolecular Hbond substituents is 2. The summed E-state index contributed by atoms with van der Waals surface area (Å²) in [6, 6.07) is 12.8. The molecule has 0 aliphatic carbocycles. The molecule has 0 atom stereocenters. The van der Waals surface area contributed by atoms with Crippen LogP contribution in [-0.2, 0) is 0 Å². The van der Waals surface area contributed by atoms with E-state index in [1.54, 1.807) is 12.1 Å². The number of hydrogen-bond donors (Lipinski definition) is 2. The number of para-hydroxylation sites is 1. The van der Waals surface area contributed by atoms with Crippen molar-refractivity contribution in [3.63, 3.8) is 0 Å². The summed E-state index contributed by atoms with van der Waals surface area (Å²) in [5, 5.41) is 37.3. The third-order valence-corrected chi connectivity index (χ3v) is 2.57. The fourth-order valence-corrected chi connectivity index (χ4v) is 1.70. The Labute approximate surface area is 104 Å². The van der Waals surface area contributed by atoms with E-state index in [2.05, 4.69) is 0 Å². The van der Waals surface area contributed by atoms with Crippen LogP contribution in [0, 0.1) is 22.7 Å². The van der Waals surface area contributed by atoms with Crippen molar-refractivity contribution in [3.8, 4) is 34.8 Å². The lowest BCUT2D eigenvalue weighted by molar-refractivity contribution is 0.473. The molecule has 0 saturated carbocycles. The van der Waals surface area contributed by atoms with Crippen molar-refractivity contribution in [1.29, 1.82) is 10.5 Å². The van der Waals surface area contributed by atoms with E-state index < -0.39 is 0 Å². The number of rotatable bonds is 1. The van der Waals surface area contributed by atoms with E-state index in [-0.39, 0.29) is 17.1 Å². The monoisotopic (exact) mass is 236 g/mol. The molecule has 0 aliphatic rings. The number of nitriles is 2. The number of nitrogens with zero attached hydrogens (tertiary/aromatic N) is 2. The van der Waals surface area contributed by atoms with Crippen LogP contribution >= 0.6 is 0 Å². The minimum atomic E-state index is -0.192. The van der Waals surface area contributed by atoms with Crippen LogP contribution in [-0.4, -0.2) is 10.2 Å². The van der Waals surface area contributed by atoms with E-state index in [0.717, 1.165) is 0 Å². The zero-order valence-electron chi connectivity index (χ0n) is 9.25. The minimum absolute atomic E-state index is 0.00855.